The molecule has 0 spiro atoms. The molecule has 0 aliphatic heterocycles. The van der Waals surface area contributed by atoms with Gasteiger partial charge in [0.25, 0.3) is 0 Å². The first-order valence-corrected chi connectivity index (χ1v) is 3.86. The normalized spacial score (nSPS) is 10.1. The van der Waals surface area contributed by atoms with E-state index in [0.717, 1.165) is 5.69 Å². The Morgan fingerprint density at radius 1 is 1.33 bits per heavy atom. The van der Waals surface area contributed by atoms with Crippen LogP contribution < -0.4 is 0 Å². The summed E-state index contributed by atoms with van der Waals surface area (Å²) in [5.74, 6) is 0. The molecule has 2 aromatic rings. The summed E-state index contributed by atoms with van der Waals surface area (Å²) < 4.78 is 0. The number of hydrogen-bond donors (Lipinski definition) is 1. The third-order valence-electron chi connectivity index (χ3n) is 1.50. The quantitative estimate of drug-likeness (QED) is 0.729. The first-order valence-electron chi connectivity index (χ1n) is 3.48. The van der Waals surface area contributed by atoms with Crippen molar-refractivity contribution < 1.29 is 0 Å². The van der Waals surface area contributed by atoms with Crippen molar-refractivity contribution in [1.29, 1.82) is 0 Å². The minimum Gasteiger partial charge on any atom is -0.284 e. The van der Waals surface area contributed by atoms with Crippen LogP contribution in [0, 0.1) is 0 Å². The number of pyridine rings is 1. The summed E-state index contributed by atoms with van der Waals surface area (Å²) in [4.78, 5) is 4.12. The van der Waals surface area contributed by atoms with E-state index in [9.17, 15) is 0 Å². The fourth-order valence-electron chi connectivity index (χ4n) is 0.958. The SMILES string of the molecule is Clc1c[nH]nc1-c1ccccn1. The van der Waals surface area contributed by atoms with Crippen LogP contribution in [0.3, 0.4) is 0 Å². The van der Waals surface area contributed by atoms with E-state index in [1.807, 2.05) is 18.2 Å². The molecule has 2 heterocycles. The highest BCUT2D eigenvalue weighted by Gasteiger charge is 2.05. The standard InChI is InChI=1S/C8H6ClN3/c9-6-5-11-12-8(6)7-3-1-2-4-10-7/h1-5H,(H,11,12). The van der Waals surface area contributed by atoms with Crippen molar-refractivity contribution in [2.45, 2.75) is 0 Å². The number of H-pyrrole nitrogens is 1. The second-order valence-electron chi connectivity index (χ2n) is 2.30. The highest BCUT2D eigenvalue weighted by atomic mass is 35.5. The maximum atomic E-state index is 5.84. The average molecular weight is 180 g/mol. The first kappa shape index (κ1) is 7.31. The van der Waals surface area contributed by atoms with Gasteiger partial charge in [0.2, 0.25) is 0 Å². The maximum Gasteiger partial charge on any atom is 0.129 e. The number of rotatable bonds is 1. The van der Waals surface area contributed by atoms with Crippen LogP contribution in [0.2, 0.25) is 5.02 Å². The third-order valence-corrected chi connectivity index (χ3v) is 1.79. The van der Waals surface area contributed by atoms with Crippen molar-refractivity contribution in [2.75, 3.05) is 0 Å². The van der Waals surface area contributed by atoms with Crippen molar-refractivity contribution in [1.82, 2.24) is 15.2 Å². The van der Waals surface area contributed by atoms with E-state index in [-0.39, 0.29) is 0 Å². The zero-order valence-corrected chi connectivity index (χ0v) is 6.92. The molecule has 12 heavy (non-hydrogen) atoms. The zero-order chi connectivity index (χ0) is 8.39. The molecule has 0 atom stereocenters. The molecule has 0 radical (unpaired) electrons. The number of halogens is 1. The van der Waals surface area contributed by atoms with Gasteiger partial charge in [-0.3, -0.25) is 10.1 Å². The second-order valence-corrected chi connectivity index (χ2v) is 2.70. The van der Waals surface area contributed by atoms with Gasteiger partial charge in [-0.05, 0) is 12.1 Å². The molecule has 0 fully saturated rings. The summed E-state index contributed by atoms with van der Waals surface area (Å²) in [7, 11) is 0. The molecule has 0 bridgehead atoms. The topological polar surface area (TPSA) is 41.6 Å². The fourth-order valence-corrected chi connectivity index (χ4v) is 1.15. The van der Waals surface area contributed by atoms with Crippen molar-refractivity contribution >= 4 is 11.6 Å². The van der Waals surface area contributed by atoms with Gasteiger partial charge in [-0.25, -0.2) is 0 Å². The minimum atomic E-state index is 0.591. The number of nitrogens with zero attached hydrogens (tertiary/aromatic N) is 2. The van der Waals surface area contributed by atoms with Crippen LogP contribution in [-0.2, 0) is 0 Å². The lowest BCUT2D eigenvalue weighted by Gasteiger charge is -1.93. The van der Waals surface area contributed by atoms with E-state index in [1.54, 1.807) is 12.4 Å². The first-order chi connectivity index (χ1) is 5.88. The Morgan fingerprint density at radius 3 is 2.83 bits per heavy atom. The molecule has 2 aromatic heterocycles. The van der Waals surface area contributed by atoms with Crippen molar-refractivity contribution in [3.63, 3.8) is 0 Å². The predicted octanol–water partition coefficient (Wildman–Crippen LogP) is 2.13. The van der Waals surface area contributed by atoms with Gasteiger partial charge in [0.15, 0.2) is 0 Å². The van der Waals surface area contributed by atoms with E-state index >= 15 is 0 Å². The van der Waals surface area contributed by atoms with Gasteiger partial charge in [-0.1, -0.05) is 17.7 Å². The molecule has 1 N–H and O–H groups in total. The minimum absolute atomic E-state index is 0.591. The van der Waals surface area contributed by atoms with Crippen LogP contribution in [0.25, 0.3) is 11.4 Å². The highest BCUT2D eigenvalue weighted by Crippen LogP contribution is 2.21. The predicted molar refractivity (Wildman–Crippen MR) is 46.8 cm³/mol. The summed E-state index contributed by atoms with van der Waals surface area (Å²) in [6, 6.07) is 5.61. The van der Waals surface area contributed by atoms with E-state index < -0.39 is 0 Å². The van der Waals surface area contributed by atoms with E-state index in [2.05, 4.69) is 15.2 Å². The van der Waals surface area contributed by atoms with Gasteiger partial charge in [0.05, 0.1) is 10.7 Å². The molecule has 0 saturated carbocycles. The Morgan fingerprint density at radius 2 is 2.25 bits per heavy atom. The van der Waals surface area contributed by atoms with Gasteiger partial charge in [-0.2, -0.15) is 5.10 Å². The molecular formula is C8H6ClN3. The molecule has 2 rings (SSSR count). The van der Waals surface area contributed by atoms with Crippen molar-refractivity contribution in [2.24, 2.45) is 0 Å². The summed E-state index contributed by atoms with van der Waals surface area (Å²) in [5.41, 5.74) is 1.47. The molecule has 60 valence electrons. The molecule has 0 saturated heterocycles. The van der Waals surface area contributed by atoms with Gasteiger partial charge >= 0.3 is 0 Å². The maximum absolute atomic E-state index is 5.84. The summed E-state index contributed by atoms with van der Waals surface area (Å²) in [6.45, 7) is 0. The lowest BCUT2D eigenvalue weighted by molar-refractivity contribution is 1.09. The van der Waals surface area contributed by atoms with E-state index in [1.165, 1.54) is 0 Å². The molecule has 0 amide bonds. The average Bonchev–Trinajstić information content (AvgIpc) is 2.53. The Balaban J connectivity index is 2.51. The Kier molecular flexibility index (Phi) is 1.80. The molecule has 0 aromatic carbocycles. The number of hydrogen-bond acceptors (Lipinski definition) is 2. The van der Waals surface area contributed by atoms with Crippen LogP contribution in [0.1, 0.15) is 0 Å². The fraction of sp³-hybridized carbons (Fsp3) is 0. The van der Waals surface area contributed by atoms with Crippen LogP contribution in [-0.4, -0.2) is 15.2 Å². The molecular weight excluding hydrogens is 174 g/mol. The van der Waals surface area contributed by atoms with Crippen molar-refractivity contribution in [3.8, 4) is 11.4 Å². The Hall–Kier alpha value is -1.35. The molecule has 0 aliphatic carbocycles. The molecule has 0 unspecified atom stereocenters. The largest absolute Gasteiger partial charge is 0.284 e. The number of aromatic nitrogens is 3. The van der Waals surface area contributed by atoms with Gasteiger partial charge in [0, 0.05) is 12.4 Å². The van der Waals surface area contributed by atoms with Crippen LogP contribution in [0.5, 0.6) is 0 Å². The molecule has 0 aliphatic rings. The van der Waals surface area contributed by atoms with Gasteiger partial charge < -0.3 is 0 Å². The Bertz CT molecular complexity index is 369. The summed E-state index contributed by atoms with van der Waals surface area (Å²) in [5, 5.41) is 7.23. The van der Waals surface area contributed by atoms with Crippen LogP contribution in [0.4, 0.5) is 0 Å². The van der Waals surface area contributed by atoms with E-state index in [4.69, 9.17) is 11.6 Å². The monoisotopic (exact) mass is 179 g/mol. The molecule has 4 heteroatoms. The summed E-state index contributed by atoms with van der Waals surface area (Å²) >= 11 is 5.84. The van der Waals surface area contributed by atoms with Crippen LogP contribution in [0.15, 0.2) is 30.6 Å². The lowest BCUT2D eigenvalue weighted by Crippen LogP contribution is -1.82. The number of nitrogens with one attached hydrogen (secondary N) is 1. The zero-order valence-electron chi connectivity index (χ0n) is 6.16. The lowest BCUT2D eigenvalue weighted by atomic mass is 10.3. The number of aromatic amines is 1. The van der Waals surface area contributed by atoms with Gasteiger partial charge in [0.1, 0.15) is 5.69 Å². The second kappa shape index (κ2) is 2.95. The summed E-state index contributed by atoms with van der Waals surface area (Å²) in [6.07, 6.45) is 3.34. The Labute approximate surface area is 74.4 Å². The third kappa shape index (κ3) is 1.19. The van der Waals surface area contributed by atoms with E-state index in [0.29, 0.717) is 10.7 Å². The highest BCUT2D eigenvalue weighted by molar-refractivity contribution is 6.32. The molecule has 3 nitrogen and oxygen atoms in total. The smallest absolute Gasteiger partial charge is 0.129 e. The van der Waals surface area contributed by atoms with Crippen molar-refractivity contribution in [3.05, 3.63) is 35.6 Å². The van der Waals surface area contributed by atoms with Crippen LogP contribution >= 0.6 is 11.6 Å². The van der Waals surface area contributed by atoms with Gasteiger partial charge in [-0.15, -0.1) is 0 Å².